The highest BCUT2D eigenvalue weighted by Gasteiger charge is 2.26. The van der Waals surface area contributed by atoms with Crippen LogP contribution in [0.3, 0.4) is 0 Å². The van der Waals surface area contributed by atoms with E-state index in [0.717, 1.165) is 50.9 Å². The number of aromatic nitrogens is 1. The molecule has 0 bridgehead atoms. The van der Waals surface area contributed by atoms with Gasteiger partial charge >= 0.3 is 0 Å². The Bertz CT molecular complexity index is 989. The van der Waals surface area contributed by atoms with E-state index in [4.69, 9.17) is 10.2 Å². The van der Waals surface area contributed by atoms with Crippen molar-refractivity contribution < 1.29 is 14.4 Å². The van der Waals surface area contributed by atoms with Gasteiger partial charge in [0.05, 0.1) is 0 Å². The van der Waals surface area contributed by atoms with Crippen molar-refractivity contribution in [1.29, 1.82) is 0 Å². The summed E-state index contributed by atoms with van der Waals surface area (Å²) >= 11 is 0. The molecular formula is C27H34FN3O2. The Morgan fingerprint density at radius 3 is 2.61 bits per heavy atom. The van der Waals surface area contributed by atoms with E-state index in [1.54, 1.807) is 31.5 Å². The van der Waals surface area contributed by atoms with Crippen LogP contribution in [0.2, 0.25) is 0 Å². The summed E-state index contributed by atoms with van der Waals surface area (Å²) in [6.07, 6.45) is 11.5. The predicted molar refractivity (Wildman–Crippen MR) is 128 cm³/mol. The molecule has 1 saturated heterocycles. The van der Waals surface area contributed by atoms with Crippen molar-refractivity contribution in [3.8, 4) is 0 Å². The van der Waals surface area contributed by atoms with Gasteiger partial charge in [-0.15, -0.1) is 0 Å². The van der Waals surface area contributed by atoms with Crippen LogP contribution in [0.1, 0.15) is 71.8 Å². The molecule has 4 rings (SSSR count). The summed E-state index contributed by atoms with van der Waals surface area (Å²) < 4.78 is 14.0. The average Bonchev–Trinajstić information content (AvgIpc) is 3.00. The minimum absolute atomic E-state index is 0.410. The number of allylic oxidation sites excluding steroid dienone is 1. The zero-order valence-corrected chi connectivity index (χ0v) is 19.6. The maximum Gasteiger partial charge on any atom is 0.274 e. The molecule has 0 saturated carbocycles. The standard InChI is InChI=1S/C27H34FN3O2/c1-27(2,28)18-31-13-11-21(12-14-31)24-16-23-9-5-20(6-10-25(23)29-17-24)15-19-3-7-22(8-4-19)26(32)30-33/h3-5,7-9,16-17,20-21,33H,6,10-15,18H2,1-2H3,(H,30,32). The number of halogens is 1. The Morgan fingerprint density at radius 1 is 1.21 bits per heavy atom. The number of aryl methyl sites for hydroxylation is 1. The van der Waals surface area contributed by atoms with Gasteiger partial charge in [-0.1, -0.05) is 24.3 Å². The summed E-state index contributed by atoms with van der Waals surface area (Å²) in [6, 6.07) is 9.68. The fraction of sp³-hybridized carbons (Fsp3) is 0.481. The number of benzene rings is 1. The monoisotopic (exact) mass is 451 g/mol. The number of carbonyl (C=O) groups excluding carboxylic acids is 1. The molecule has 1 aromatic carbocycles. The Balaban J connectivity index is 1.37. The van der Waals surface area contributed by atoms with E-state index in [0.29, 0.717) is 23.9 Å². The number of carbonyl (C=O) groups is 1. The number of likely N-dealkylation sites (tertiary alicyclic amines) is 1. The van der Waals surface area contributed by atoms with Crippen LogP contribution in [0.15, 0.2) is 42.6 Å². The van der Waals surface area contributed by atoms with Crippen molar-refractivity contribution in [3.63, 3.8) is 0 Å². The van der Waals surface area contributed by atoms with Crippen molar-refractivity contribution in [2.75, 3.05) is 19.6 Å². The molecule has 2 N–H and O–H groups in total. The smallest absolute Gasteiger partial charge is 0.274 e. The maximum atomic E-state index is 14.0. The van der Waals surface area contributed by atoms with Crippen molar-refractivity contribution in [2.24, 2.45) is 5.92 Å². The number of rotatable bonds is 6. The lowest BCUT2D eigenvalue weighted by Gasteiger charge is -2.34. The molecule has 1 amide bonds. The lowest BCUT2D eigenvalue weighted by molar-refractivity contribution is 0.0706. The van der Waals surface area contributed by atoms with E-state index < -0.39 is 11.6 Å². The van der Waals surface area contributed by atoms with Gasteiger partial charge < -0.3 is 4.90 Å². The second kappa shape index (κ2) is 10.1. The Kier molecular flexibility index (Phi) is 7.25. The van der Waals surface area contributed by atoms with Gasteiger partial charge in [0.25, 0.3) is 5.91 Å². The third-order valence-electron chi connectivity index (χ3n) is 6.80. The maximum absolute atomic E-state index is 14.0. The zero-order valence-electron chi connectivity index (χ0n) is 19.6. The SMILES string of the molecule is CC(C)(F)CN1CCC(c2cnc3c(c2)C=CC(Cc2ccc(C(=O)NO)cc2)CC3)CC1. The molecule has 1 aliphatic heterocycles. The summed E-state index contributed by atoms with van der Waals surface area (Å²) in [6.45, 7) is 5.68. The number of pyridine rings is 1. The largest absolute Gasteiger partial charge is 0.300 e. The van der Waals surface area contributed by atoms with Crippen LogP contribution in [-0.2, 0) is 12.8 Å². The Morgan fingerprint density at radius 2 is 1.94 bits per heavy atom. The minimum atomic E-state index is -1.14. The normalized spacial score (nSPS) is 19.7. The van der Waals surface area contributed by atoms with Crippen LogP contribution in [0.4, 0.5) is 4.39 Å². The highest BCUT2D eigenvalue weighted by molar-refractivity contribution is 5.93. The molecular weight excluding hydrogens is 417 g/mol. The van der Waals surface area contributed by atoms with E-state index in [9.17, 15) is 9.18 Å². The Hall–Kier alpha value is -2.57. The number of alkyl halides is 1. The third kappa shape index (κ3) is 6.27. The zero-order chi connectivity index (χ0) is 23.4. The highest BCUT2D eigenvalue weighted by Crippen LogP contribution is 2.31. The van der Waals surface area contributed by atoms with Gasteiger partial charge in [0.15, 0.2) is 0 Å². The summed E-state index contributed by atoms with van der Waals surface area (Å²) in [7, 11) is 0. The molecule has 5 nitrogen and oxygen atoms in total. The summed E-state index contributed by atoms with van der Waals surface area (Å²) in [4.78, 5) is 18.6. The van der Waals surface area contributed by atoms with Crippen LogP contribution < -0.4 is 5.48 Å². The topological polar surface area (TPSA) is 65.5 Å². The number of nitrogens with one attached hydrogen (secondary N) is 1. The molecule has 1 unspecified atom stereocenters. The third-order valence-corrected chi connectivity index (χ3v) is 6.80. The summed E-state index contributed by atoms with van der Waals surface area (Å²) in [5.74, 6) is 0.404. The van der Waals surface area contributed by atoms with Crippen molar-refractivity contribution in [1.82, 2.24) is 15.4 Å². The van der Waals surface area contributed by atoms with E-state index in [-0.39, 0.29) is 0 Å². The van der Waals surface area contributed by atoms with E-state index >= 15 is 0 Å². The van der Waals surface area contributed by atoms with Gasteiger partial charge in [-0.3, -0.25) is 15.0 Å². The molecule has 1 fully saturated rings. The number of nitrogens with zero attached hydrogens (tertiary/aromatic N) is 2. The van der Waals surface area contributed by atoms with Gasteiger partial charge in [-0.25, -0.2) is 9.87 Å². The number of hydrogen-bond donors (Lipinski definition) is 2. The minimum Gasteiger partial charge on any atom is -0.300 e. The van der Waals surface area contributed by atoms with Crippen LogP contribution in [0.5, 0.6) is 0 Å². The first kappa shape index (κ1) is 23.6. The molecule has 176 valence electrons. The highest BCUT2D eigenvalue weighted by atomic mass is 19.1. The molecule has 1 aromatic heterocycles. The van der Waals surface area contributed by atoms with E-state index in [1.807, 2.05) is 12.1 Å². The van der Waals surface area contributed by atoms with Gasteiger partial charge in [0.2, 0.25) is 0 Å². The molecule has 33 heavy (non-hydrogen) atoms. The summed E-state index contributed by atoms with van der Waals surface area (Å²) in [5, 5.41) is 8.76. The van der Waals surface area contributed by atoms with Crippen molar-refractivity contribution in [3.05, 3.63) is 70.6 Å². The van der Waals surface area contributed by atoms with Gasteiger partial charge in [-0.05, 0) is 106 Å². The van der Waals surface area contributed by atoms with Crippen LogP contribution in [0.25, 0.3) is 6.08 Å². The molecule has 1 atom stereocenters. The molecule has 1 aliphatic carbocycles. The first-order valence-electron chi connectivity index (χ1n) is 11.9. The number of amides is 1. The molecule has 6 heteroatoms. The lowest BCUT2D eigenvalue weighted by atomic mass is 9.89. The Labute approximate surface area is 195 Å². The van der Waals surface area contributed by atoms with E-state index in [1.165, 1.54) is 16.7 Å². The lowest BCUT2D eigenvalue weighted by Crippen LogP contribution is -2.40. The van der Waals surface area contributed by atoms with Crippen molar-refractivity contribution in [2.45, 2.75) is 57.5 Å². The number of piperidine rings is 1. The molecule has 2 aliphatic rings. The number of hydrogen-bond acceptors (Lipinski definition) is 4. The van der Waals surface area contributed by atoms with Gasteiger partial charge in [0, 0.05) is 24.0 Å². The molecule has 2 heterocycles. The van der Waals surface area contributed by atoms with Gasteiger partial charge in [-0.2, -0.15) is 0 Å². The molecule has 2 aromatic rings. The fourth-order valence-corrected chi connectivity index (χ4v) is 5.05. The van der Waals surface area contributed by atoms with E-state index in [2.05, 4.69) is 29.3 Å². The van der Waals surface area contributed by atoms with Crippen molar-refractivity contribution >= 4 is 12.0 Å². The second-order valence-corrected chi connectivity index (χ2v) is 10.1. The first-order valence-corrected chi connectivity index (χ1v) is 11.9. The number of hydroxylamine groups is 1. The predicted octanol–water partition coefficient (Wildman–Crippen LogP) is 4.95. The fourth-order valence-electron chi connectivity index (χ4n) is 5.05. The quantitative estimate of drug-likeness (QED) is 0.482. The molecule has 0 spiro atoms. The first-order chi connectivity index (χ1) is 15.8. The second-order valence-electron chi connectivity index (χ2n) is 10.1. The number of fused-ring (bicyclic) bond motifs is 1. The average molecular weight is 452 g/mol. The van der Waals surface area contributed by atoms with Crippen LogP contribution in [0, 0.1) is 5.92 Å². The van der Waals surface area contributed by atoms with Crippen LogP contribution >= 0.6 is 0 Å². The van der Waals surface area contributed by atoms with Crippen LogP contribution in [-0.4, -0.2) is 46.3 Å². The van der Waals surface area contributed by atoms with Gasteiger partial charge in [0.1, 0.15) is 5.67 Å². The molecule has 0 radical (unpaired) electrons. The summed E-state index contributed by atoms with van der Waals surface area (Å²) in [5.41, 5.74) is 5.81.